The maximum atomic E-state index is 14.3. The van der Waals surface area contributed by atoms with Gasteiger partial charge < -0.3 is 0 Å². The molecule has 0 aliphatic carbocycles. The van der Waals surface area contributed by atoms with Crippen LogP contribution in [0.2, 0.25) is 10.0 Å². The maximum absolute atomic E-state index is 14.3. The van der Waals surface area contributed by atoms with E-state index in [1.807, 2.05) is 0 Å². The van der Waals surface area contributed by atoms with Crippen LogP contribution in [0.4, 0.5) is 4.39 Å². The van der Waals surface area contributed by atoms with Crippen LogP contribution in [-0.4, -0.2) is 20.7 Å². The van der Waals surface area contributed by atoms with Crippen LogP contribution < -0.4 is 11.0 Å². The van der Waals surface area contributed by atoms with Gasteiger partial charge in [-0.15, -0.1) is 0 Å². The Morgan fingerprint density at radius 1 is 1.30 bits per heavy atom. The number of hydrogen-bond donors (Lipinski definition) is 2. The standard InChI is InChI=1S/C18H12Cl2FN3O3/c1-9-22-15-8-14(21)10(5-6-16(25)23-27)7-11(15)18(26)24(9)17-12(19)3-2-4-13(17)20/h2-8,27H,1H3,(H,23,25)/b6-5+. The van der Waals surface area contributed by atoms with Crippen molar-refractivity contribution in [2.75, 3.05) is 0 Å². The van der Waals surface area contributed by atoms with Crippen molar-refractivity contribution < 1.29 is 14.4 Å². The van der Waals surface area contributed by atoms with Crippen LogP contribution in [0.5, 0.6) is 0 Å². The van der Waals surface area contributed by atoms with E-state index in [4.69, 9.17) is 28.4 Å². The minimum absolute atomic E-state index is 0.0225. The summed E-state index contributed by atoms with van der Waals surface area (Å²) >= 11 is 12.4. The largest absolute Gasteiger partial charge is 0.288 e. The van der Waals surface area contributed by atoms with E-state index in [-0.39, 0.29) is 38.0 Å². The number of nitrogens with zero attached hydrogens (tertiary/aromatic N) is 2. The molecule has 3 aromatic rings. The molecule has 0 aliphatic heterocycles. The first-order chi connectivity index (χ1) is 12.8. The molecule has 138 valence electrons. The van der Waals surface area contributed by atoms with Crippen molar-refractivity contribution in [3.8, 4) is 5.69 Å². The van der Waals surface area contributed by atoms with E-state index in [0.717, 1.165) is 18.2 Å². The molecule has 0 fully saturated rings. The molecule has 1 heterocycles. The molecule has 0 bridgehead atoms. The molecule has 9 heteroatoms. The normalized spacial score (nSPS) is 11.3. The predicted molar refractivity (Wildman–Crippen MR) is 101 cm³/mol. The summed E-state index contributed by atoms with van der Waals surface area (Å²) in [6.07, 6.45) is 2.06. The second-order valence-corrected chi connectivity index (χ2v) is 6.38. The fraction of sp³-hybridized carbons (Fsp3) is 0.0556. The quantitative estimate of drug-likeness (QED) is 0.394. The zero-order valence-corrected chi connectivity index (χ0v) is 15.3. The molecule has 2 aromatic carbocycles. The van der Waals surface area contributed by atoms with Crippen molar-refractivity contribution in [2.24, 2.45) is 0 Å². The first-order valence-corrected chi connectivity index (χ1v) is 8.38. The number of carbonyl (C=O) groups is 1. The Hall–Kier alpha value is -2.74. The highest BCUT2D eigenvalue weighted by Gasteiger charge is 2.16. The van der Waals surface area contributed by atoms with Crippen molar-refractivity contribution in [3.63, 3.8) is 0 Å². The highest BCUT2D eigenvalue weighted by Crippen LogP contribution is 2.28. The van der Waals surface area contributed by atoms with Gasteiger partial charge in [0.25, 0.3) is 11.5 Å². The number of fused-ring (bicyclic) bond motifs is 1. The number of hydroxylamine groups is 1. The van der Waals surface area contributed by atoms with Crippen LogP contribution in [-0.2, 0) is 4.79 Å². The molecular weight excluding hydrogens is 396 g/mol. The van der Waals surface area contributed by atoms with Crippen LogP contribution in [0.1, 0.15) is 11.4 Å². The lowest BCUT2D eigenvalue weighted by atomic mass is 10.1. The summed E-state index contributed by atoms with van der Waals surface area (Å²) in [6.45, 7) is 1.58. The zero-order valence-electron chi connectivity index (χ0n) is 13.8. The molecule has 27 heavy (non-hydrogen) atoms. The van der Waals surface area contributed by atoms with E-state index >= 15 is 0 Å². The molecule has 0 spiro atoms. The van der Waals surface area contributed by atoms with Gasteiger partial charge in [0.05, 0.1) is 26.6 Å². The van der Waals surface area contributed by atoms with Gasteiger partial charge in [0.2, 0.25) is 0 Å². The summed E-state index contributed by atoms with van der Waals surface area (Å²) in [7, 11) is 0. The third-order valence-electron chi connectivity index (χ3n) is 3.84. The van der Waals surface area contributed by atoms with Crippen LogP contribution in [0.25, 0.3) is 22.7 Å². The maximum Gasteiger partial charge on any atom is 0.267 e. The molecule has 2 N–H and O–H groups in total. The summed E-state index contributed by atoms with van der Waals surface area (Å²) in [5, 5.41) is 9.14. The summed E-state index contributed by atoms with van der Waals surface area (Å²) in [5.74, 6) is -1.23. The Morgan fingerprint density at radius 2 is 1.96 bits per heavy atom. The highest BCUT2D eigenvalue weighted by molar-refractivity contribution is 6.37. The van der Waals surface area contributed by atoms with Gasteiger partial charge in [0.1, 0.15) is 11.6 Å². The van der Waals surface area contributed by atoms with Crippen LogP contribution >= 0.6 is 23.2 Å². The van der Waals surface area contributed by atoms with Gasteiger partial charge in [-0.05, 0) is 31.2 Å². The Kier molecular flexibility index (Phi) is 5.27. The second kappa shape index (κ2) is 7.48. The van der Waals surface area contributed by atoms with Gasteiger partial charge >= 0.3 is 0 Å². The minimum atomic E-state index is -0.836. The lowest BCUT2D eigenvalue weighted by Crippen LogP contribution is -2.23. The summed E-state index contributed by atoms with van der Waals surface area (Å²) in [6, 6.07) is 7.19. The van der Waals surface area contributed by atoms with Crippen molar-refractivity contribution in [2.45, 2.75) is 6.92 Å². The first-order valence-electron chi connectivity index (χ1n) is 7.63. The third-order valence-corrected chi connectivity index (χ3v) is 4.45. The lowest BCUT2D eigenvalue weighted by Gasteiger charge is -2.14. The number of rotatable bonds is 3. The van der Waals surface area contributed by atoms with Crippen molar-refractivity contribution in [1.29, 1.82) is 0 Å². The topological polar surface area (TPSA) is 84.2 Å². The molecule has 0 atom stereocenters. The molecule has 1 amide bonds. The van der Waals surface area contributed by atoms with Crippen LogP contribution in [0.3, 0.4) is 0 Å². The summed E-state index contributed by atoms with van der Waals surface area (Å²) in [5.41, 5.74) is 1.31. The average Bonchev–Trinajstić information content (AvgIpc) is 2.62. The number of aromatic nitrogens is 2. The average molecular weight is 408 g/mol. The molecular formula is C18H12Cl2FN3O3. The fourth-order valence-corrected chi connectivity index (χ4v) is 3.20. The summed E-state index contributed by atoms with van der Waals surface area (Å²) < 4.78 is 15.5. The molecule has 6 nitrogen and oxygen atoms in total. The number of aryl methyl sites for hydroxylation is 1. The molecule has 0 saturated carbocycles. The van der Waals surface area contributed by atoms with E-state index in [2.05, 4.69) is 4.98 Å². The SMILES string of the molecule is Cc1nc2cc(F)c(/C=C/C(=O)NO)cc2c(=O)n1-c1c(Cl)cccc1Cl. The first kappa shape index (κ1) is 19.0. The molecule has 0 radical (unpaired) electrons. The van der Waals surface area contributed by atoms with Gasteiger partial charge in [-0.2, -0.15) is 0 Å². The molecule has 1 aromatic heterocycles. The lowest BCUT2D eigenvalue weighted by molar-refractivity contribution is -0.124. The van der Waals surface area contributed by atoms with Crippen molar-refractivity contribution in [3.05, 3.63) is 74.0 Å². The minimum Gasteiger partial charge on any atom is -0.288 e. The van der Waals surface area contributed by atoms with Crippen molar-refractivity contribution in [1.82, 2.24) is 15.0 Å². The van der Waals surface area contributed by atoms with Gasteiger partial charge in [0, 0.05) is 17.7 Å². The van der Waals surface area contributed by atoms with Crippen LogP contribution in [0, 0.1) is 12.7 Å². The van der Waals surface area contributed by atoms with E-state index in [1.165, 1.54) is 16.1 Å². The monoisotopic (exact) mass is 407 g/mol. The third kappa shape index (κ3) is 3.57. The smallest absolute Gasteiger partial charge is 0.267 e. The van der Waals surface area contributed by atoms with E-state index in [1.54, 1.807) is 25.1 Å². The van der Waals surface area contributed by atoms with Gasteiger partial charge in [0.15, 0.2) is 0 Å². The number of amides is 1. The van der Waals surface area contributed by atoms with Gasteiger partial charge in [-0.1, -0.05) is 29.3 Å². The number of benzene rings is 2. The highest BCUT2D eigenvalue weighted by atomic mass is 35.5. The fourth-order valence-electron chi connectivity index (χ4n) is 2.63. The molecule has 3 rings (SSSR count). The van der Waals surface area contributed by atoms with Crippen molar-refractivity contribution >= 4 is 46.1 Å². The Labute approximate surface area is 162 Å². The van der Waals surface area contributed by atoms with Gasteiger partial charge in [-0.25, -0.2) is 14.9 Å². The second-order valence-electron chi connectivity index (χ2n) is 5.57. The van der Waals surface area contributed by atoms with E-state index in [9.17, 15) is 14.0 Å². The zero-order chi connectivity index (χ0) is 19.7. The Balaban J connectivity index is 2.30. The Bertz CT molecular complexity index is 1140. The predicted octanol–water partition coefficient (Wildman–Crippen LogP) is 3.66. The molecule has 0 aliphatic rings. The van der Waals surface area contributed by atoms with Gasteiger partial charge in [-0.3, -0.25) is 19.4 Å². The summed E-state index contributed by atoms with van der Waals surface area (Å²) in [4.78, 5) is 28.4. The van der Waals surface area contributed by atoms with Crippen LogP contribution in [0.15, 0.2) is 41.2 Å². The Morgan fingerprint density at radius 3 is 2.59 bits per heavy atom. The number of nitrogens with one attached hydrogen (secondary N) is 1. The number of carbonyl (C=O) groups excluding carboxylic acids is 1. The van der Waals surface area contributed by atoms with E-state index < -0.39 is 17.3 Å². The number of hydrogen-bond acceptors (Lipinski definition) is 4. The number of para-hydroxylation sites is 1. The molecule has 0 saturated heterocycles. The number of halogens is 3. The van der Waals surface area contributed by atoms with E-state index in [0.29, 0.717) is 0 Å². The molecule has 0 unspecified atom stereocenters.